The lowest BCUT2D eigenvalue weighted by Gasteiger charge is -2.25. The fourth-order valence-corrected chi connectivity index (χ4v) is 3.11. The monoisotopic (exact) mass is 363 g/mol. The molecule has 0 spiro atoms. The largest absolute Gasteiger partial charge is 0.497 e. The van der Waals surface area contributed by atoms with E-state index in [1.54, 1.807) is 7.11 Å². The van der Waals surface area contributed by atoms with Crippen molar-refractivity contribution in [3.63, 3.8) is 0 Å². The van der Waals surface area contributed by atoms with E-state index < -0.39 is 0 Å². The van der Waals surface area contributed by atoms with E-state index in [0.29, 0.717) is 31.1 Å². The van der Waals surface area contributed by atoms with Crippen LogP contribution in [0.4, 0.5) is 0 Å². The average molecular weight is 364 g/mol. The van der Waals surface area contributed by atoms with Crippen molar-refractivity contribution in [3.05, 3.63) is 40.2 Å². The van der Waals surface area contributed by atoms with Gasteiger partial charge in [0.25, 0.3) is 0 Å². The van der Waals surface area contributed by atoms with Crippen molar-refractivity contribution >= 4 is 17.5 Å². The molecular weight excluding hydrogens is 342 g/mol. The smallest absolute Gasteiger partial charge is 0.226 e. The minimum Gasteiger partial charge on any atom is -0.497 e. The number of carbonyl (C=O) groups is 1. The first-order valence-electron chi connectivity index (χ1n) is 8.26. The van der Waals surface area contributed by atoms with E-state index in [0.717, 1.165) is 28.5 Å². The van der Waals surface area contributed by atoms with Gasteiger partial charge in [0.2, 0.25) is 5.91 Å². The lowest BCUT2D eigenvalue weighted by atomic mass is 9.96. The summed E-state index contributed by atoms with van der Waals surface area (Å²) >= 11 is 6.13. The van der Waals surface area contributed by atoms with Gasteiger partial charge in [-0.05, 0) is 31.9 Å². The minimum atomic E-state index is -0.190. The van der Waals surface area contributed by atoms with Crippen LogP contribution in [-0.4, -0.2) is 35.9 Å². The number of hydrogen-bond donors (Lipinski definition) is 1. The van der Waals surface area contributed by atoms with Gasteiger partial charge in [0.1, 0.15) is 18.1 Å². The Bertz CT molecular complexity index is 788. The van der Waals surface area contributed by atoms with Crippen molar-refractivity contribution in [2.24, 2.45) is 5.92 Å². The van der Waals surface area contributed by atoms with Gasteiger partial charge in [-0.2, -0.15) is 5.10 Å². The molecule has 1 N–H and O–H groups in total. The van der Waals surface area contributed by atoms with E-state index in [1.807, 2.05) is 36.7 Å². The van der Waals surface area contributed by atoms with Crippen LogP contribution in [0.2, 0.25) is 5.02 Å². The highest BCUT2D eigenvalue weighted by atomic mass is 35.5. The fourth-order valence-electron chi connectivity index (χ4n) is 2.97. The minimum absolute atomic E-state index is 0.00547. The number of hydrogen-bond acceptors (Lipinski definition) is 4. The topological polar surface area (TPSA) is 65.4 Å². The number of nitrogens with zero attached hydrogens (tertiary/aromatic N) is 2. The van der Waals surface area contributed by atoms with Crippen molar-refractivity contribution in [1.82, 2.24) is 15.1 Å². The molecule has 0 unspecified atom stereocenters. The number of fused-ring (bicyclic) bond motifs is 1. The number of methoxy groups -OCH3 is 1. The fraction of sp³-hybridized carbons (Fsp3) is 0.444. The molecule has 1 aliphatic heterocycles. The molecule has 0 aliphatic carbocycles. The Kier molecular flexibility index (Phi) is 5.18. The van der Waals surface area contributed by atoms with Gasteiger partial charge in [0.05, 0.1) is 36.0 Å². The Balaban J connectivity index is 1.54. The SMILES string of the molecule is COc1ccc2c(c1)OC[C@H](C(=O)NCCn1nc(C)c(Cl)c1C)C2. The summed E-state index contributed by atoms with van der Waals surface area (Å²) in [5.74, 6) is 1.35. The summed E-state index contributed by atoms with van der Waals surface area (Å²) in [6.07, 6.45) is 0.664. The molecule has 0 saturated carbocycles. The third-order valence-electron chi connectivity index (χ3n) is 4.47. The number of aromatic nitrogens is 2. The van der Waals surface area contributed by atoms with Gasteiger partial charge < -0.3 is 14.8 Å². The van der Waals surface area contributed by atoms with Crippen LogP contribution < -0.4 is 14.8 Å². The first-order chi connectivity index (χ1) is 12.0. The molecule has 3 rings (SSSR count). The van der Waals surface area contributed by atoms with Crippen molar-refractivity contribution in [2.45, 2.75) is 26.8 Å². The van der Waals surface area contributed by atoms with Crippen LogP contribution in [0.25, 0.3) is 0 Å². The number of ether oxygens (including phenoxy) is 2. The van der Waals surface area contributed by atoms with Crippen molar-refractivity contribution in [3.8, 4) is 11.5 Å². The Morgan fingerprint density at radius 3 is 2.96 bits per heavy atom. The number of aryl methyl sites for hydroxylation is 1. The van der Waals surface area contributed by atoms with Crippen molar-refractivity contribution in [2.75, 3.05) is 20.3 Å². The maximum Gasteiger partial charge on any atom is 0.226 e. The molecule has 25 heavy (non-hydrogen) atoms. The highest BCUT2D eigenvalue weighted by Gasteiger charge is 2.26. The summed E-state index contributed by atoms with van der Waals surface area (Å²) in [4.78, 5) is 12.4. The van der Waals surface area contributed by atoms with E-state index in [-0.39, 0.29) is 11.8 Å². The summed E-state index contributed by atoms with van der Waals surface area (Å²) in [5, 5.41) is 8.00. The zero-order valence-corrected chi connectivity index (χ0v) is 15.4. The molecule has 1 aromatic carbocycles. The van der Waals surface area contributed by atoms with Crippen LogP contribution in [0.1, 0.15) is 17.0 Å². The van der Waals surface area contributed by atoms with Gasteiger partial charge >= 0.3 is 0 Å². The Morgan fingerprint density at radius 1 is 1.48 bits per heavy atom. The Hall–Kier alpha value is -2.21. The van der Waals surface area contributed by atoms with Gasteiger partial charge in [-0.1, -0.05) is 17.7 Å². The van der Waals surface area contributed by atoms with Crippen LogP contribution in [0.3, 0.4) is 0 Å². The molecule has 2 heterocycles. The first-order valence-corrected chi connectivity index (χ1v) is 8.64. The molecule has 2 aromatic rings. The molecule has 0 saturated heterocycles. The maximum atomic E-state index is 12.4. The zero-order valence-electron chi connectivity index (χ0n) is 14.6. The molecule has 6 nitrogen and oxygen atoms in total. The van der Waals surface area contributed by atoms with Crippen molar-refractivity contribution in [1.29, 1.82) is 0 Å². The number of carbonyl (C=O) groups excluding carboxylic acids is 1. The summed E-state index contributed by atoms with van der Waals surface area (Å²) in [6.45, 7) is 5.26. The summed E-state index contributed by atoms with van der Waals surface area (Å²) in [5.41, 5.74) is 2.74. The van der Waals surface area contributed by atoms with Crippen molar-refractivity contribution < 1.29 is 14.3 Å². The van der Waals surface area contributed by atoms with Crippen LogP contribution in [0.5, 0.6) is 11.5 Å². The van der Waals surface area contributed by atoms with E-state index >= 15 is 0 Å². The summed E-state index contributed by atoms with van der Waals surface area (Å²) in [6, 6.07) is 5.69. The molecule has 0 bridgehead atoms. The quantitative estimate of drug-likeness (QED) is 0.886. The second-order valence-corrected chi connectivity index (χ2v) is 6.56. The average Bonchev–Trinajstić information content (AvgIpc) is 2.87. The number of halogens is 1. The molecule has 1 atom stereocenters. The van der Waals surface area contributed by atoms with Gasteiger partial charge in [-0.15, -0.1) is 0 Å². The molecule has 7 heteroatoms. The molecular formula is C18H22ClN3O3. The normalized spacial score (nSPS) is 16.1. The first kappa shape index (κ1) is 17.6. The van der Waals surface area contributed by atoms with Gasteiger partial charge in [0.15, 0.2) is 0 Å². The summed E-state index contributed by atoms with van der Waals surface area (Å²) < 4.78 is 12.7. The Morgan fingerprint density at radius 2 is 2.28 bits per heavy atom. The third kappa shape index (κ3) is 3.74. The predicted octanol–water partition coefficient (Wildman–Crippen LogP) is 2.53. The lowest BCUT2D eigenvalue weighted by molar-refractivity contribution is -0.126. The highest BCUT2D eigenvalue weighted by molar-refractivity contribution is 6.31. The van der Waals surface area contributed by atoms with Gasteiger partial charge in [0, 0.05) is 12.6 Å². The Labute approximate surface area is 152 Å². The molecule has 134 valence electrons. The molecule has 0 fully saturated rings. The van der Waals surface area contributed by atoms with E-state index in [4.69, 9.17) is 21.1 Å². The predicted molar refractivity (Wildman–Crippen MR) is 95.4 cm³/mol. The number of rotatable bonds is 5. The standard InChI is InChI=1S/C18H22ClN3O3/c1-11-17(19)12(2)22(21-11)7-6-20-18(23)14-8-13-4-5-15(24-3)9-16(13)25-10-14/h4-5,9,14H,6-8,10H2,1-3H3,(H,20,23)/t14-/m1/s1. The van der Waals surface area contributed by atoms with Gasteiger partial charge in [-0.25, -0.2) is 0 Å². The zero-order chi connectivity index (χ0) is 18.0. The van der Waals surface area contributed by atoms with Gasteiger partial charge in [-0.3, -0.25) is 9.48 Å². The number of nitrogens with one attached hydrogen (secondary N) is 1. The molecule has 1 aliphatic rings. The van der Waals surface area contributed by atoms with E-state index in [9.17, 15) is 4.79 Å². The molecule has 1 amide bonds. The third-order valence-corrected chi connectivity index (χ3v) is 5.01. The van der Waals surface area contributed by atoms with Crippen LogP contribution >= 0.6 is 11.6 Å². The number of amides is 1. The second-order valence-electron chi connectivity index (χ2n) is 6.18. The number of benzene rings is 1. The van der Waals surface area contributed by atoms with Crippen LogP contribution in [-0.2, 0) is 17.8 Å². The maximum absolute atomic E-state index is 12.4. The van der Waals surface area contributed by atoms with Crippen LogP contribution in [0, 0.1) is 19.8 Å². The highest BCUT2D eigenvalue weighted by Crippen LogP contribution is 2.31. The molecule has 0 radical (unpaired) electrons. The van der Waals surface area contributed by atoms with E-state index in [1.165, 1.54) is 0 Å². The summed E-state index contributed by atoms with van der Waals surface area (Å²) in [7, 11) is 1.62. The lowest BCUT2D eigenvalue weighted by Crippen LogP contribution is -2.38. The molecule has 1 aromatic heterocycles. The van der Waals surface area contributed by atoms with E-state index in [2.05, 4.69) is 10.4 Å². The second kappa shape index (κ2) is 7.35. The van der Waals surface area contributed by atoms with Crippen LogP contribution in [0.15, 0.2) is 18.2 Å².